The lowest BCUT2D eigenvalue weighted by Gasteiger charge is -2.31. The molecule has 6 rings (SSSR count). The van der Waals surface area contributed by atoms with E-state index < -0.39 is 0 Å². The van der Waals surface area contributed by atoms with Crippen molar-refractivity contribution in [3.05, 3.63) is 82.7 Å². The zero-order valence-electron chi connectivity index (χ0n) is 18.8. The highest BCUT2D eigenvalue weighted by Gasteiger charge is 2.45. The number of phenols is 1. The van der Waals surface area contributed by atoms with Gasteiger partial charge in [-0.05, 0) is 97.0 Å². The molecule has 2 fully saturated rings. The number of rotatable bonds is 5. The lowest BCUT2D eigenvalue weighted by atomic mass is 10.0. The Morgan fingerprint density at radius 3 is 2.53 bits per heavy atom. The molecule has 4 heteroatoms. The molecular formula is C28H32N2O2. The number of phenolic OH excluding ortho intramolecular Hbond substituents is 1. The number of hydrogen-bond donors (Lipinski definition) is 2. The number of hydrogen-bond acceptors (Lipinski definition) is 3. The summed E-state index contributed by atoms with van der Waals surface area (Å²) in [5.41, 5.74) is 6.27. The normalized spacial score (nSPS) is 26.9. The first-order chi connectivity index (χ1) is 15.6. The number of benzene rings is 2. The van der Waals surface area contributed by atoms with Gasteiger partial charge in [-0.2, -0.15) is 0 Å². The summed E-state index contributed by atoms with van der Waals surface area (Å²) in [6.07, 6.45) is 10.1. The fourth-order valence-corrected chi connectivity index (χ4v) is 6.42. The van der Waals surface area contributed by atoms with Crippen molar-refractivity contribution in [2.75, 3.05) is 13.1 Å². The SMILES string of the molecule is Cc1cc(O)cc2c1CC(N1CC3CCCC3C1)C2Oc1ccc(Cc2cc[nH]c2)cc1. The largest absolute Gasteiger partial charge is 0.508 e. The number of aryl methyl sites for hydroxylation is 1. The third-order valence-electron chi connectivity index (χ3n) is 8.04. The number of nitrogens with one attached hydrogen (secondary N) is 1. The van der Waals surface area contributed by atoms with Gasteiger partial charge >= 0.3 is 0 Å². The average Bonchev–Trinajstić information content (AvgIpc) is 3.54. The Kier molecular flexibility index (Phi) is 4.98. The van der Waals surface area contributed by atoms with Gasteiger partial charge in [0, 0.05) is 31.0 Å². The van der Waals surface area contributed by atoms with Crippen LogP contribution in [-0.2, 0) is 12.8 Å². The van der Waals surface area contributed by atoms with Crippen molar-refractivity contribution in [1.82, 2.24) is 9.88 Å². The van der Waals surface area contributed by atoms with E-state index in [0.29, 0.717) is 11.8 Å². The molecule has 1 aliphatic heterocycles. The van der Waals surface area contributed by atoms with Gasteiger partial charge in [-0.3, -0.25) is 4.90 Å². The minimum atomic E-state index is -0.0369. The monoisotopic (exact) mass is 428 g/mol. The van der Waals surface area contributed by atoms with Crippen LogP contribution in [0.2, 0.25) is 0 Å². The van der Waals surface area contributed by atoms with Crippen molar-refractivity contribution >= 4 is 0 Å². The van der Waals surface area contributed by atoms with Crippen LogP contribution in [0.1, 0.15) is 53.2 Å². The van der Waals surface area contributed by atoms with Crippen molar-refractivity contribution in [3.8, 4) is 11.5 Å². The van der Waals surface area contributed by atoms with Gasteiger partial charge in [0.05, 0.1) is 6.04 Å². The first-order valence-electron chi connectivity index (χ1n) is 12.1. The van der Waals surface area contributed by atoms with E-state index in [1.165, 1.54) is 60.2 Å². The van der Waals surface area contributed by atoms with Gasteiger partial charge in [-0.25, -0.2) is 0 Å². The van der Waals surface area contributed by atoms with Gasteiger partial charge in [-0.1, -0.05) is 18.6 Å². The minimum absolute atomic E-state index is 0.0369. The number of nitrogens with zero attached hydrogens (tertiary/aromatic N) is 1. The number of ether oxygens (including phenoxy) is 1. The molecule has 2 aromatic carbocycles. The lowest BCUT2D eigenvalue weighted by molar-refractivity contribution is 0.0884. The minimum Gasteiger partial charge on any atom is -0.508 e. The second-order valence-electron chi connectivity index (χ2n) is 10.1. The Bertz CT molecular complexity index is 1080. The van der Waals surface area contributed by atoms with E-state index in [4.69, 9.17) is 4.74 Å². The van der Waals surface area contributed by atoms with Gasteiger partial charge in [0.2, 0.25) is 0 Å². The second kappa shape index (κ2) is 8.00. The van der Waals surface area contributed by atoms with Crippen LogP contribution in [-0.4, -0.2) is 34.1 Å². The fraction of sp³-hybridized carbons (Fsp3) is 0.429. The number of likely N-dealkylation sites (tertiary alicyclic amines) is 1. The molecule has 0 spiro atoms. The highest BCUT2D eigenvalue weighted by atomic mass is 16.5. The molecule has 0 amide bonds. The molecule has 3 aliphatic rings. The summed E-state index contributed by atoms with van der Waals surface area (Å²) in [4.78, 5) is 5.81. The lowest BCUT2D eigenvalue weighted by Crippen LogP contribution is -2.39. The van der Waals surface area contributed by atoms with Gasteiger partial charge in [0.15, 0.2) is 0 Å². The fourth-order valence-electron chi connectivity index (χ4n) is 6.42. The average molecular weight is 429 g/mol. The summed E-state index contributed by atoms with van der Waals surface area (Å²) >= 11 is 0. The molecule has 0 radical (unpaired) electrons. The summed E-state index contributed by atoms with van der Waals surface area (Å²) in [6.45, 7) is 4.51. The topological polar surface area (TPSA) is 48.5 Å². The highest BCUT2D eigenvalue weighted by Crippen LogP contribution is 2.45. The molecule has 4 nitrogen and oxygen atoms in total. The molecular weight excluding hydrogens is 396 g/mol. The molecule has 1 aromatic heterocycles. The summed E-state index contributed by atoms with van der Waals surface area (Å²) in [6, 6.07) is 14.8. The number of aromatic nitrogens is 1. The van der Waals surface area contributed by atoms with E-state index in [9.17, 15) is 5.11 Å². The molecule has 4 unspecified atom stereocenters. The van der Waals surface area contributed by atoms with Crippen LogP contribution in [0.4, 0.5) is 0 Å². The van der Waals surface area contributed by atoms with E-state index >= 15 is 0 Å². The van der Waals surface area contributed by atoms with Crippen LogP contribution in [0, 0.1) is 18.8 Å². The predicted molar refractivity (Wildman–Crippen MR) is 126 cm³/mol. The van der Waals surface area contributed by atoms with Crippen LogP contribution in [0.15, 0.2) is 54.9 Å². The number of aromatic hydroxyl groups is 1. The predicted octanol–water partition coefficient (Wildman–Crippen LogP) is 5.40. The van der Waals surface area contributed by atoms with Crippen molar-refractivity contribution in [2.45, 2.75) is 51.2 Å². The molecule has 32 heavy (non-hydrogen) atoms. The zero-order chi connectivity index (χ0) is 21.7. The van der Waals surface area contributed by atoms with Crippen molar-refractivity contribution in [3.63, 3.8) is 0 Å². The third kappa shape index (κ3) is 3.61. The van der Waals surface area contributed by atoms with Crippen molar-refractivity contribution < 1.29 is 9.84 Å². The first kappa shape index (κ1) is 19.9. The Morgan fingerprint density at radius 1 is 1.03 bits per heavy atom. The Morgan fingerprint density at radius 2 is 1.81 bits per heavy atom. The molecule has 1 saturated heterocycles. The summed E-state index contributed by atoms with van der Waals surface area (Å²) in [5.74, 6) is 2.98. The molecule has 4 atom stereocenters. The van der Waals surface area contributed by atoms with Gasteiger partial charge in [-0.15, -0.1) is 0 Å². The maximum atomic E-state index is 10.3. The molecule has 2 heterocycles. The van der Waals surface area contributed by atoms with Gasteiger partial charge < -0.3 is 14.8 Å². The highest BCUT2D eigenvalue weighted by molar-refractivity contribution is 5.47. The number of H-pyrrole nitrogens is 1. The number of aromatic amines is 1. The van der Waals surface area contributed by atoms with E-state index in [1.807, 2.05) is 24.5 Å². The molecule has 2 aliphatic carbocycles. The van der Waals surface area contributed by atoms with Crippen LogP contribution < -0.4 is 4.74 Å². The van der Waals surface area contributed by atoms with Crippen LogP contribution in [0.3, 0.4) is 0 Å². The third-order valence-corrected chi connectivity index (χ3v) is 8.04. The van der Waals surface area contributed by atoms with E-state index in [1.54, 1.807) is 0 Å². The number of fused-ring (bicyclic) bond motifs is 2. The molecule has 0 bridgehead atoms. The molecule has 166 valence electrons. The Balaban J connectivity index is 1.26. The van der Waals surface area contributed by atoms with E-state index in [2.05, 4.69) is 47.1 Å². The van der Waals surface area contributed by atoms with Gasteiger partial charge in [0.1, 0.15) is 17.6 Å². The summed E-state index contributed by atoms with van der Waals surface area (Å²) in [5, 5.41) is 10.3. The van der Waals surface area contributed by atoms with Crippen LogP contribution >= 0.6 is 0 Å². The summed E-state index contributed by atoms with van der Waals surface area (Å²) < 4.78 is 6.69. The first-order valence-corrected chi connectivity index (χ1v) is 12.1. The van der Waals surface area contributed by atoms with Crippen molar-refractivity contribution in [2.24, 2.45) is 11.8 Å². The van der Waals surface area contributed by atoms with Crippen LogP contribution in [0.25, 0.3) is 0 Å². The summed E-state index contributed by atoms with van der Waals surface area (Å²) in [7, 11) is 0. The molecule has 2 N–H and O–H groups in total. The second-order valence-corrected chi connectivity index (χ2v) is 10.1. The standard InChI is InChI=1S/C28H32N2O2/c1-18-11-23(31)13-26-25(18)14-27(30-16-21-3-2-4-22(21)17-30)28(26)32-24-7-5-19(6-8-24)12-20-9-10-29-15-20/h5-11,13,15,21-22,27-29,31H,2-4,12,14,16-17H2,1H3. The Hall–Kier alpha value is -2.72. The smallest absolute Gasteiger partial charge is 0.140 e. The van der Waals surface area contributed by atoms with E-state index in [-0.39, 0.29) is 6.10 Å². The maximum absolute atomic E-state index is 10.3. The zero-order valence-corrected chi connectivity index (χ0v) is 18.8. The molecule has 3 aromatic rings. The van der Waals surface area contributed by atoms with Crippen molar-refractivity contribution in [1.29, 1.82) is 0 Å². The quantitative estimate of drug-likeness (QED) is 0.572. The maximum Gasteiger partial charge on any atom is 0.140 e. The molecule has 1 saturated carbocycles. The van der Waals surface area contributed by atoms with Gasteiger partial charge in [0.25, 0.3) is 0 Å². The van der Waals surface area contributed by atoms with Crippen LogP contribution in [0.5, 0.6) is 11.5 Å². The van der Waals surface area contributed by atoms with E-state index in [0.717, 1.165) is 30.4 Å². The Labute approximate surface area is 190 Å².